The summed E-state index contributed by atoms with van der Waals surface area (Å²) in [6, 6.07) is 0. The third kappa shape index (κ3) is 4.76. The maximum absolute atomic E-state index is 11.1. The summed E-state index contributed by atoms with van der Waals surface area (Å²) >= 11 is 0. The van der Waals surface area contributed by atoms with Crippen LogP contribution in [0, 0.1) is 0 Å². The van der Waals surface area contributed by atoms with E-state index in [0.717, 1.165) is 0 Å². The molecule has 8 heteroatoms. The van der Waals surface area contributed by atoms with Gasteiger partial charge in [-0.2, -0.15) is 0 Å². The first-order chi connectivity index (χ1) is 8.67. The molecule has 0 radical (unpaired) electrons. The number of hydrogen-bond donors (Lipinski definition) is 0. The molecule has 0 spiro atoms. The summed E-state index contributed by atoms with van der Waals surface area (Å²) in [6.45, 7) is 4.02. The molecule has 0 saturated carbocycles. The van der Waals surface area contributed by atoms with Gasteiger partial charge in [-0.3, -0.25) is 0 Å². The van der Waals surface area contributed by atoms with E-state index in [9.17, 15) is 9.59 Å². The van der Waals surface area contributed by atoms with Gasteiger partial charge in [0, 0.05) is 0 Å². The van der Waals surface area contributed by atoms with Crippen LogP contribution < -0.4 is 0 Å². The van der Waals surface area contributed by atoms with Crippen molar-refractivity contribution in [3.8, 4) is 0 Å². The molecule has 1 rings (SSSR count). The van der Waals surface area contributed by atoms with E-state index < -0.39 is 24.9 Å². The third-order valence-electron chi connectivity index (χ3n) is 1.82. The molecule has 2 atom stereocenters. The molecule has 104 valence electrons. The average Bonchev–Trinajstić information content (AvgIpc) is 2.32. The SMILES string of the molecule is CCOC(=O)OC1OCCOC1OC(=O)OCC. The van der Waals surface area contributed by atoms with Gasteiger partial charge in [0.2, 0.25) is 0 Å². The minimum Gasteiger partial charge on any atom is -0.435 e. The molecule has 1 aliphatic heterocycles. The van der Waals surface area contributed by atoms with Crippen molar-refractivity contribution >= 4 is 12.3 Å². The van der Waals surface area contributed by atoms with E-state index >= 15 is 0 Å². The van der Waals surface area contributed by atoms with Gasteiger partial charge in [0.1, 0.15) is 0 Å². The lowest BCUT2D eigenvalue weighted by molar-refractivity contribution is -0.295. The Bertz CT molecular complexity index is 251. The van der Waals surface area contributed by atoms with Crippen LogP contribution in [0.2, 0.25) is 0 Å². The Hall–Kier alpha value is -1.54. The number of carbonyl (C=O) groups excluding carboxylic acids is 2. The molecule has 0 N–H and O–H groups in total. The van der Waals surface area contributed by atoms with Crippen molar-refractivity contribution in [3.63, 3.8) is 0 Å². The van der Waals surface area contributed by atoms with Crippen molar-refractivity contribution in [2.24, 2.45) is 0 Å². The van der Waals surface area contributed by atoms with E-state index in [-0.39, 0.29) is 26.4 Å². The average molecular weight is 264 g/mol. The van der Waals surface area contributed by atoms with Crippen LogP contribution in [-0.4, -0.2) is 51.3 Å². The Morgan fingerprint density at radius 1 is 0.944 bits per heavy atom. The molecule has 1 aliphatic rings. The highest BCUT2D eigenvalue weighted by atomic mass is 16.9. The lowest BCUT2D eigenvalue weighted by Gasteiger charge is -2.29. The van der Waals surface area contributed by atoms with Crippen molar-refractivity contribution in [2.75, 3.05) is 26.4 Å². The van der Waals surface area contributed by atoms with Crippen molar-refractivity contribution in [2.45, 2.75) is 26.4 Å². The standard InChI is InChI=1S/C10H16O8/c1-3-13-9(11)17-7-8(16-6-5-15-7)18-10(12)14-4-2/h7-8H,3-6H2,1-2H3. The van der Waals surface area contributed by atoms with Crippen LogP contribution >= 0.6 is 0 Å². The van der Waals surface area contributed by atoms with Crippen molar-refractivity contribution in [1.29, 1.82) is 0 Å². The van der Waals surface area contributed by atoms with Crippen LogP contribution in [0.1, 0.15) is 13.8 Å². The number of rotatable bonds is 4. The Morgan fingerprint density at radius 3 is 1.67 bits per heavy atom. The van der Waals surface area contributed by atoms with Crippen molar-refractivity contribution in [1.82, 2.24) is 0 Å². The summed E-state index contributed by atoms with van der Waals surface area (Å²) in [5.41, 5.74) is 0. The summed E-state index contributed by atoms with van der Waals surface area (Å²) in [7, 11) is 0. The molecule has 0 aromatic heterocycles. The fourth-order valence-electron chi connectivity index (χ4n) is 1.16. The maximum atomic E-state index is 11.1. The molecule has 0 bridgehead atoms. The predicted molar refractivity (Wildman–Crippen MR) is 55.7 cm³/mol. The first kappa shape index (κ1) is 14.5. The van der Waals surface area contributed by atoms with Crippen LogP contribution in [0.3, 0.4) is 0 Å². The van der Waals surface area contributed by atoms with Crippen molar-refractivity contribution < 1.29 is 38.0 Å². The lowest BCUT2D eigenvalue weighted by atomic mass is 10.5. The predicted octanol–water partition coefficient (Wildman–Crippen LogP) is 1.03. The first-order valence-corrected chi connectivity index (χ1v) is 5.57. The first-order valence-electron chi connectivity index (χ1n) is 5.57. The topological polar surface area (TPSA) is 89.5 Å². The number of ether oxygens (including phenoxy) is 6. The highest BCUT2D eigenvalue weighted by Crippen LogP contribution is 2.14. The van der Waals surface area contributed by atoms with Crippen LogP contribution in [-0.2, 0) is 28.4 Å². The van der Waals surface area contributed by atoms with Gasteiger partial charge in [0.15, 0.2) is 0 Å². The van der Waals surface area contributed by atoms with Gasteiger partial charge in [-0.1, -0.05) is 0 Å². The lowest BCUT2D eigenvalue weighted by Crippen LogP contribution is -2.44. The Morgan fingerprint density at radius 2 is 1.33 bits per heavy atom. The zero-order valence-electron chi connectivity index (χ0n) is 10.2. The molecular formula is C10H16O8. The molecule has 0 aromatic carbocycles. The molecule has 0 amide bonds. The van der Waals surface area contributed by atoms with Crippen LogP contribution in [0.25, 0.3) is 0 Å². The van der Waals surface area contributed by atoms with Crippen molar-refractivity contribution in [3.05, 3.63) is 0 Å². The molecule has 1 saturated heterocycles. The normalized spacial score (nSPS) is 23.0. The quantitative estimate of drug-likeness (QED) is 0.695. The summed E-state index contributed by atoms with van der Waals surface area (Å²) in [6.07, 6.45) is -4.18. The van der Waals surface area contributed by atoms with Gasteiger partial charge in [0.05, 0.1) is 26.4 Å². The summed E-state index contributed by atoms with van der Waals surface area (Å²) in [5.74, 6) is 0. The van der Waals surface area contributed by atoms with Gasteiger partial charge in [-0.15, -0.1) is 0 Å². The van der Waals surface area contributed by atoms with E-state index in [0.29, 0.717) is 0 Å². The minimum atomic E-state index is -1.16. The molecule has 0 aromatic rings. The fourth-order valence-corrected chi connectivity index (χ4v) is 1.16. The zero-order valence-corrected chi connectivity index (χ0v) is 10.2. The van der Waals surface area contributed by atoms with Gasteiger partial charge in [0.25, 0.3) is 12.6 Å². The van der Waals surface area contributed by atoms with E-state index in [1.54, 1.807) is 13.8 Å². The molecule has 8 nitrogen and oxygen atoms in total. The Labute approximate surface area is 104 Å². The van der Waals surface area contributed by atoms with E-state index in [1.165, 1.54) is 0 Å². The summed E-state index contributed by atoms with van der Waals surface area (Å²) in [4.78, 5) is 22.2. The van der Waals surface area contributed by atoms with Gasteiger partial charge in [-0.25, -0.2) is 9.59 Å². The third-order valence-corrected chi connectivity index (χ3v) is 1.82. The highest BCUT2D eigenvalue weighted by molar-refractivity contribution is 5.61. The second-order valence-electron chi connectivity index (χ2n) is 3.08. The minimum absolute atomic E-state index is 0.163. The van der Waals surface area contributed by atoms with E-state index in [4.69, 9.17) is 18.9 Å². The van der Waals surface area contributed by atoms with Crippen LogP contribution in [0.5, 0.6) is 0 Å². The molecule has 18 heavy (non-hydrogen) atoms. The second-order valence-corrected chi connectivity index (χ2v) is 3.08. The fraction of sp³-hybridized carbons (Fsp3) is 0.800. The van der Waals surface area contributed by atoms with Gasteiger partial charge < -0.3 is 28.4 Å². The smallest absolute Gasteiger partial charge is 0.435 e. The monoisotopic (exact) mass is 264 g/mol. The van der Waals surface area contributed by atoms with E-state index in [1.807, 2.05) is 0 Å². The van der Waals surface area contributed by atoms with Crippen LogP contribution in [0.15, 0.2) is 0 Å². The largest absolute Gasteiger partial charge is 0.510 e. The highest BCUT2D eigenvalue weighted by Gasteiger charge is 2.34. The molecule has 1 heterocycles. The molecule has 0 aliphatic carbocycles. The van der Waals surface area contributed by atoms with E-state index in [2.05, 4.69) is 9.47 Å². The Kier molecular flexibility index (Phi) is 6.23. The second kappa shape index (κ2) is 7.72. The zero-order chi connectivity index (χ0) is 13.4. The summed E-state index contributed by atoms with van der Waals surface area (Å²) in [5, 5.41) is 0. The molecular weight excluding hydrogens is 248 g/mol. The molecule has 2 unspecified atom stereocenters. The number of hydrogen-bond acceptors (Lipinski definition) is 8. The molecule has 1 fully saturated rings. The van der Waals surface area contributed by atoms with Gasteiger partial charge >= 0.3 is 12.3 Å². The Balaban J connectivity index is 2.46. The number of carbonyl (C=O) groups is 2. The van der Waals surface area contributed by atoms with Gasteiger partial charge in [-0.05, 0) is 13.8 Å². The maximum Gasteiger partial charge on any atom is 0.510 e. The summed E-state index contributed by atoms with van der Waals surface area (Å²) < 4.78 is 28.9. The van der Waals surface area contributed by atoms with Crippen LogP contribution in [0.4, 0.5) is 9.59 Å².